The average Bonchev–Trinajstić information content (AvgIpc) is 2.58. The van der Waals surface area contributed by atoms with E-state index in [4.69, 9.17) is 23.2 Å². The second-order valence-corrected chi connectivity index (χ2v) is 6.50. The van der Waals surface area contributed by atoms with Gasteiger partial charge in [-0.2, -0.15) is 0 Å². The first kappa shape index (κ1) is 16.2. The van der Waals surface area contributed by atoms with E-state index in [0.717, 1.165) is 29.9 Å². The minimum absolute atomic E-state index is 0.0850. The second-order valence-electron chi connectivity index (χ2n) is 5.72. The molecule has 1 saturated heterocycles. The highest BCUT2D eigenvalue weighted by atomic mass is 35.5. The van der Waals surface area contributed by atoms with Gasteiger partial charge in [-0.25, -0.2) is 0 Å². The maximum Gasteiger partial charge on any atom is 0.253 e. The lowest BCUT2D eigenvalue weighted by Crippen LogP contribution is -2.48. The summed E-state index contributed by atoms with van der Waals surface area (Å²) in [7, 11) is 0. The van der Waals surface area contributed by atoms with Crippen LogP contribution in [0.15, 0.2) is 42.5 Å². The van der Waals surface area contributed by atoms with Crippen molar-refractivity contribution in [2.24, 2.45) is 0 Å². The van der Waals surface area contributed by atoms with Crippen LogP contribution in [0.3, 0.4) is 0 Å². The van der Waals surface area contributed by atoms with E-state index in [1.807, 2.05) is 48.2 Å². The molecule has 0 aromatic heterocycles. The van der Waals surface area contributed by atoms with Gasteiger partial charge in [0.25, 0.3) is 5.91 Å². The number of nitrogens with zero attached hydrogens (tertiary/aromatic N) is 2. The maximum absolute atomic E-state index is 12.5. The summed E-state index contributed by atoms with van der Waals surface area (Å²) in [5.41, 5.74) is 2.83. The number of anilines is 1. The molecule has 2 aromatic rings. The molecular formula is C18H18Cl2N2O. The summed E-state index contributed by atoms with van der Waals surface area (Å²) in [6, 6.07) is 13.4. The van der Waals surface area contributed by atoms with Crippen LogP contribution >= 0.6 is 23.2 Å². The van der Waals surface area contributed by atoms with Crippen LogP contribution in [0.2, 0.25) is 10.0 Å². The third kappa shape index (κ3) is 3.46. The monoisotopic (exact) mass is 348 g/mol. The Morgan fingerprint density at radius 3 is 2.26 bits per heavy atom. The number of piperazine rings is 1. The molecule has 3 rings (SSSR count). The second kappa shape index (κ2) is 6.81. The van der Waals surface area contributed by atoms with E-state index in [9.17, 15) is 4.79 Å². The first-order chi connectivity index (χ1) is 11.1. The zero-order valence-electron chi connectivity index (χ0n) is 12.9. The van der Waals surface area contributed by atoms with Crippen LogP contribution in [0, 0.1) is 6.92 Å². The maximum atomic E-state index is 12.5. The third-order valence-electron chi connectivity index (χ3n) is 4.14. The van der Waals surface area contributed by atoms with Gasteiger partial charge >= 0.3 is 0 Å². The summed E-state index contributed by atoms with van der Waals surface area (Å²) in [4.78, 5) is 16.6. The van der Waals surface area contributed by atoms with Gasteiger partial charge in [0.05, 0.1) is 15.7 Å². The molecule has 0 spiro atoms. The molecule has 1 aliphatic heterocycles. The normalized spacial score (nSPS) is 14.9. The number of hydrogen-bond donors (Lipinski definition) is 0. The number of halogens is 2. The third-order valence-corrected chi connectivity index (χ3v) is 4.95. The van der Waals surface area contributed by atoms with Crippen molar-refractivity contribution < 1.29 is 4.79 Å². The van der Waals surface area contributed by atoms with Crippen molar-refractivity contribution in [1.29, 1.82) is 0 Å². The fraction of sp³-hybridized carbons (Fsp3) is 0.278. The molecule has 5 heteroatoms. The van der Waals surface area contributed by atoms with Crippen LogP contribution < -0.4 is 4.90 Å². The molecule has 0 aliphatic carbocycles. The Morgan fingerprint density at radius 2 is 1.61 bits per heavy atom. The Balaban J connectivity index is 1.67. The molecule has 1 amide bonds. The van der Waals surface area contributed by atoms with E-state index < -0.39 is 0 Å². The molecule has 0 atom stereocenters. The lowest BCUT2D eigenvalue weighted by molar-refractivity contribution is 0.0747. The van der Waals surface area contributed by atoms with Gasteiger partial charge in [-0.15, -0.1) is 0 Å². The lowest BCUT2D eigenvalue weighted by Gasteiger charge is -2.36. The molecule has 1 fully saturated rings. The zero-order valence-corrected chi connectivity index (χ0v) is 14.4. The van der Waals surface area contributed by atoms with Crippen LogP contribution in [-0.4, -0.2) is 37.0 Å². The number of carbonyl (C=O) groups is 1. The molecule has 0 N–H and O–H groups in total. The van der Waals surface area contributed by atoms with Crippen LogP contribution in [0.1, 0.15) is 15.9 Å². The lowest BCUT2D eigenvalue weighted by atomic mass is 10.1. The molecule has 1 heterocycles. The van der Waals surface area contributed by atoms with Crippen molar-refractivity contribution >= 4 is 34.8 Å². The Kier molecular flexibility index (Phi) is 4.79. The number of rotatable bonds is 2. The number of amides is 1. The fourth-order valence-corrected chi connectivity index (χ4v) is 3.18. The Labute approximate surface area is 146 Å². The van der Waals surface area contributed by atoms with Crippen LogP contribution in [0.5, 0.6) is 0 Å². The van der Waals surface area contributed by atoms with E-state index in [-0.39, 0.29) is 5.91 Å². The molecule has 120 valence electrons. The molecule has 0 radical (unpaired) electrons. The van der Waals surface area contributed by atoms with Gasteiger partial charge < -0.3 is 9.80 Å². The topological polar surface area (TPSA) is 23.6 Å². The van der Waals surface area contributed by atoms with Crippen molar-refractivity contribution in [3.05, 3.63) is 63.6 Å². The minimum Gasteiger partial charge on any atom is -0.367 e. The van der Waals surface area contributed by atoms with Crippen molar-refractivity contribution in [3.63, 3.8) is 0 Å². The van der Waals surface area contributed by atoms with E-state index in [1.165, 1.54) is 0 Å². The highest BCUT2D eigenvalue weighted by molar-refractivity contribution is 6.43. The number of benzene rings is 2. The first-order valence-corrected chi connectivity index (χ1v) is 8.37. The van der Waals surface area contributed by atoms with Crippen molar-refractivity contribution in [3.8, 4) is 0 Å². The fourth-order valence-electron chi connectivity index (χ4n) is 2.77. The number of carbonyl (C=O) groups excluding carboxylic acids is 1. The van der Waals surface area contributed by atoms with Gasteiger partial charge in [0, 0.05) is 31.7 Å². The first-order valence-electron chi connectivity index (χ1n) is 7.61. The van der Waals surface area contributed by atoms with Crippen LogP contribution in [-0.2, 0) is 0 Å². The van der Waals surface area contributed by atoms with E-state index in [0.29, 0.717) is 23.1 Å². The van der Waals surface area contributed by atoms with E-state index in [1.54, 1.807) is 6.07 Å². The zero-order chi connectivity index (χ0) is 16.4. The summed E-state index contributed by atoms with van der Waals surface area (Å²) in [5, 5.41) is 1.13. The molecule has 2 aromatic carbocycles. The van der Waals surface area contributed by atoms with Crippen molar-refractivity contribution in [1.82, 2.24) is 4.90 Å². The summed E-state index contributed by atoms with van der Waals surface area (Å²) in [6.07, 6.45) is 0. The molecule has 0 unspecified atom stereocenters. The summed E-state index contributed by atoms with van der Waals surface area (Å²) >= 11 is 12.4. The van der Waals surface area contributed by atoms with Gasteiger partial charge in [0.1, 0.15) is 0 Å². The average molecular weight is 349 g/mol. The molecular weight excluding hydrogens is 331 g/mol. The van der Waals surface area contributed by atoms with Gasteiger partial charge in [-0.3, -0.25) is 4.79 Å². The predicted molar refractivity (Wildman–Crippen MR) is 95.8 cm³/mol. The van der Waals surface area contributed by atoms with Crippen LogP contribution in [0.25, 0.3) is 0 Å². The summed E-state index contributed by atoms with van der Waals surface area (Å²) in [5.74, 6) is 0.0850. The van der Waals surface area contributed by atoms with Gasteiger partial charge in [0.2, 0.25) is 0 Å². The SMILES string of the molecule is Cc1ccc(C(=O)N2CCN(c3cccc(Cl)c3Cl)CC2)cc1. The summed E-state index contributed by atoms with van der Waals surface area (Å²) < 4.78 is 0. The highest BCUT2D eigenvalue weighted by Gasteiger charge is 2.23. The molecule has 0 bridgehead atoms. The number of hydrogen-bond acceptors (Lipinski definition) is 2. The Morgan fingerprint density at radius 1 is 0.957 bits per heavy atom. The van der Waals surface area contributed by atoms with Gasteiger partial charge in [-0.05, 0) is 31.2 Å². The molecule has 0 saturated carbocycles. The highest BCUT2D eigenvalue weighted by Crippen LogP contribution is 2.32. The van der Waals surface area contributed by atoms with Crippen molar-refractivity contribution in [2.75, 3.05) is 31.1 Å². The van der Waals surface area contributed by atoms with E-state index in [2.05, 4.69) is 4.90 Å². The molecule has 1 aliphatic rings. The van der Waals surface area contributed by atoms with Crippen LogP contribution in [0.4, 0.5) is 5.69 Å². The summed E-state index contributed by atoms with van der Waals surface area (Å²) in [6.45, 7) is 4.86. The van der Waals surface area contributed by atoms with Crippen molar-refractivity contribution in [2.45, 2.75) is 6.92 Å². The Hall–Kier alpha value is -1.71. The minimum atomic E-state index is 0.0850. The van der Waals surface area contributed by atoms with Gasteiger partial charge in [-0.1, -0.05) is 47.0 Å². The smallest absolute Gasteiger partial charge is 0.253 e. The van der Waals surface area contributed by atoms with E-state index >= 15 is 0 Å². The Bertz CT molecular complexity index is 707. The molecule has 3 nitrogen and oxygen atoms in total. The standard InChI is InChI=1S/C18H18Cl2N2O/c1-13-5-7-14(8-6-13)18(23)22-11-9-21(10-12-22)16-4-2-3-15(19)17(16)20/h2-8H,9-12H2,1H3. The molecule has 23 heavy (non-hydrogen) atoms. The van der Waals surface area contributed by atoms with Gasteiger partial charge in [0.15, 0.2) is 0 Å². The quantitative estimate of drug-likeness (QED) is 0.809. The largest absolute Gasteiger partial charge is 0.367 e. The predicted octanol–water partition coefficient (Wildman–Crippen LogP) is 4.26. The number of aryl methyl sites for hydroxylation is 1.